The Kier molecular flexibility index (Phi) is 5.58. The molecule has 148 valence electrons. The molecule has 0 aliphatic carbocycles. The van der Waals surface area contributed by atoms with E-state index in [4.69, 9.17) is 17.3 Å². The number of rotatable bonds is 6. The summed E-state index contributed by atoms with van der Waals surface area (Å²) in [6.07, 6.45) is 2.11. The van der Waals surface area contributed by atoms with Gasteiger partial charge in [-0.2, -0.15) is 0 Å². The van der Waals surface area contributed by atoms with E-state index in [0.29, 0.717) is 33.9 Å². The number of nitrogen functional groups attached to an aromatic ring is 1. The van der Waals surface area contributed by atoms with Crippen LogP contribution in [0.3, 0.4) is 0 Å². The van der Waals surface area contributed by atoms with Crippen molar-refractivity contribution in [2.75, 3.05) is 11.5 Å². The lowest BCUT2D eigenvalue weighted by atomic mass is 10.1. The van der Waals surface area contributed by atoms with Crippen molar-refractivity contribution >= 4 is 56.4 Å². The van der Waals surface area contributed by atoms with Gasteiger partial charge in [0.2, 0.25) is 0 Å². The Morgan fingerprint density at radius 1 is 1.31 bits per heavy atom. The average molecular weight is 444 g/mol. The summed E-state index contributed by atoms with van der Waals surface area (Å²) in [5.41, 5.74) is 8.88. The highest BCUT2D eigenvalue weighted by Crippen LogP contribution is 2.39. The molecule has 0 amide bonds. The molecule has 0 unspecified atom stereocenters. The topological polar surface area (TPSA) is 86.7 Å². The molecule has 0 bridgehead atoms. The van der Waals surface area contributed by atoms with Crippen molar-refractivity contribution in [3.05, 3.63) is 52.7 Å². The number of ketones is 1. The fraction of sp³-hybridized carbons (Fsp3) is 0.200. The number of thioether (sulfide) groups is 1. The zero-order valence-corrected chi connectivity index (χ0v) is 18.2. The van der Waals surface area contributed by atoms with Gasteiger partial charge in [-0.3, -0.25) is 4.79 Å². The van der Waals surface area contributed by atoms with Crippen LogP contribution in [-0.2, 0) is 18.3 Å². The number of anilines is 1. The first-order valence-corrected chi connectivity index (χ1v) is 11.0. The summed E-state index contributed by atoms with van der Waals surface area (Å²) in [6.45, 7) is 1.93. The van der Waals surface area contributed by atoms with Crippen LogP contribution in [0.15, 0.2) is 41.7 Å². The number of aryl methyl sites for hydroxylation is 1. The SMILES string of the molecule is Cc1cc(CC(=O)CSc2nnc(-c3sc4ncccc4c3N)n2C)ccc1Cl. The molecule has 9 heteroatoms. The van der Waals surface area contributed by atoms with E-state index in [-0.39, 0.29) is 5.78 Å². The number of halogens is 1. The summed E-state index contributed by atoms with van der Waals surface area (Å²) >= 11 is 8.91. The van der Waals surface area contributed by atoms with Gasteiger partial charge in [-0.25, -0.2) is 4.98 Å². The Morgan fingerprint density at radius 2 is 2.14 bits per heavy atom. The van der Waals surface area contributed by atoms with Crippen LogP contribution in [0.5, 0.6) is 0 Å². The van der Waals surface area contributed by atoms with E-state index in [9.17, 15) is 4.79 Å². The predicted octanol–water partition coefficient (Wildman–Crippen LogP) is 4.54. The highest BCUT2D eigenvalue weighted by molar-refractivity contribution is 7.99. The monoisotopic (exact) mass is 443 g/mol. The van der Waals surface area contributed by atoms with Crippen molar-refractivity contribution in [1.29, 1.82) is 0 Å². The van der Waals surface area contributed by atoms with Crippen molar-refractivity contribution in [2.24, 2.45) is 7.05 Å². The van der Waals surface area contributed by atoms with Crippen molar-refractivity contribution in [2.45, 2.75) is 18.5 Å². The Hall–Kier alpha value is -2.42. The third-order valence-electron chi connectivity index (χ3n) is 4.53. The minimum absolute atomic E-state index is 0.117. The van der Waals surface area contributed by atoms with Gasteiger partial charge in [0.15, 0.2) is 11.0 Å². The van der Waals surface area contributed by atoms with Gasteiger partial charge in [0.05, 0.1) is 16.3 Å². The molecule has 1 aromatic carbocycles. The van der Waals surface area contributed by atoms with E-state index >= 15 is 0 Å². The first-order chi connectivity index (χ1) is 13.9. The number of nitrogens with zero attached hydrogens (tertiary/aromatic N) is 4. The Bertz CT molecular complexity index is 1220. The van der Waals surface area contributed by atoms with Gasteiger partial charge in [0.25, 0.3) is 0 Å². The fourth-order valence-corrected chi connectivity index (χ4v) is 4.97. The second-order valence-corrected chi connectivity index (χ2v) is 9.00. The molecular weight excluding hydrogens is 426 g/mol. The minimum Gasteiger partial charge on any atom is -0.397 e. The second-order valence-electron chi connectivity index (χ2n) is 6.65. The molecule has 0 atom stereocenters. The number of hydrogen-bond donors (Lipinski definition) is 1. The van der Waals surface area contributed by atoms with Gasteiger partial charge >= 0.3 is 0 Å². The first-order valence-electron chi connectivity index (χ1n) is 8.86. The quantitative estimate of drug-likeness (QED) is 0.440. The van der Waals surface area contributed by atoms with Gasteiger partial charge in [-0.1, -0.05) is 35.5 Å². The van der Waals surface area contributed by atoms with Gasteiger partial charge in [-0.05, 0) is 36.2 Å². The molecule has 3 heterocycles. The maximum absolute atomic E-state index is 12.4. The first kappa shape index (κ1) is 19.9. The van der Waals surface area contributed by atoms with Gasteiger partial charge in [-0.15, -0.1) is 21.5 Å². The average Bonchev–Trinajstić information content (AvgIpc) is 3.23. The molecule has 4 rings (SSSR count). The summed E-state index contributed by atoms with van der Waals surface area (Å²) in [6, 6.07) is 9.47. The van der Waals surface area contributed by atoms with Crippen molar-refractivity contribution in [1.82, 2.24) is 19.7 Å². The van der Waals surface area contributed by atoms with Crippen molar-refractivity contribution in [3.8, 4) is 10.7 Å². The highest BCUT2D eigenvalue weighted by Gasteiger charge is 2.19. The van der Waals surface area contributed by atoms with E-state index in [0.717, 1.165) is 26.2 Å². The number of hydrogen-bond acceptors (Lipinski definition) is 7. The minimum atomic E-state index is 0.117. The van der Waals surface area contributed by atoms with Gasteiger partial charge in [0.1, 0.15) is 10.6 Å². The molecule has 0 aliphatic rings. The molecule has 0 saturated heterocycles. The highest BCUT2D eigenvalue weighted by atomic mass is 35.5. The molecule has 29 heavy (non-hydrogen) atoms. The van der Waals surface area contributed by atoms with Crippen LogP contribution in [0, 0.1) is 6.92 Å². The Morgan fingerprint density at radius 3 is 2.90 bits per heavy atom. The molecule has 0 radical (unpaired) electrons. The molecule has 3 aromatic heterocycles. The summed E-state index contributed by atoms with van der Waals surface area (Å²) < 4.78 is 1.87. The molecule has 0 fully saturated rings. The van der Waals surface area contributed by atoms with Crippen LogP contribution < -0.4 is 5.73 Å². The molecule has 0 saturated carbocycles. The normalized spacial score (nSPS) is 11.3. The smallest absolute Gasteiger partial charge is 0.191 e. The molecule has 6 nitrogen and oxygen atoms in total. The van der Waals surface area contributed by atoms with Crippen molar-refractivity contribution in [3.63, 3.8) is 0 Å². The lowest BCUT2D eigenvalue weighted by molar-refractivity contribution is -0.116. The van der Waals surface area contributed by atoms with E-state index in [1.807, 2.05) is 48.9 Å². The Labute approximate surface area is 181 Å². The standard InChI is InChI=1S/C20H18ClN5OS2/c1-11-8-12(5-6-15(11)21)9-13(27)10-28-20-25-24-18(26(20)2)17-16(22)14-4-3-7-23-19(14)29-17/h3-8H,9-10,22H2,1-2H3. The van der Waals surface area contributed by atoms with Crippen LogP contribution in [0.25, 0.3) is 20.9 Å². The molecule has 2 N–H and O–H groups in total. The summed E-state index contributed by atoms with van der Waals surface area (Å²) in [5.74, 6) is 1.11. The van der Waals surface area contributed by atoms with Gasteiger partial charge < -0.3 is 10.3 Å². The van der Waals surface area contributed by atoms with Crippen LogP contribution >= 0.6 is 34.7 Å². The number of carbonyl (C=O) groups is 1. The summed E-state index contributed by atoms with van der Waals surface area (Å²) in [5, 5.41) is 10.8. The van der Waals surface area contributed by atoms with Crippen LogP contribution in [0.4, 0.5) is 5.69 Å². The number of benzene rings is 1. The van der Waals surface area contributed by atoms with Crippen LogP contribution in [-0.4, -0.2) is 31.3 Å². The largest absolute Gasteiger partial charge is 0.397 e. The van der Waals surface area contributed by atoms with E-state index in [2.05, 4.69) is 15.2 Å². The molecule has 4 aromatic rings. The second kappa shape index (κ2) is 8.14. The third-order valence-corrected chi connectivity index (χ3v) is 7.16. The summed E-state index contributed by atoms with van der Waals surface area (Å²) in [4.78, 5) is 18.5. The van der Waals surface area contributed by atoms with Crippen LogP contribution in [0.2, 0.25) is 5.02 Å². The zero-order chi connectivity index (χ0) is 20.5. The fourth-order valence-electron chi connectivity index (χ4n) is 3.00. The number of nitrogens with two attached hydrogens (primary N) is 1. The van der Waals surface area contributed by atoms with E-state index in [1.165, 1.54) is 23.1 Å². The van der Waals surface area contributed by atoms with Crippen molar-refractivity contribution < 1.29 is 4.79 Å². The van der Waals surface area contributed by atoms with E-state index < -0.39 is 0 Å². The zero-order valence-electron chi connectivity index (χ0n) is 15.8. The number of fused-ring (bicyclic) bond motifs is 1. The predicted molar refractivity (Wildman–Crippen MR) is 120 cm³/mol. The Balaban J connectivity index is 1.48. The van der Waals surface area contributed by atoms with E-state index in [1.54, 1.807) is 6.20 Å². The lowest BCUT2D eigenvalue weighted by Crippen LogP contribution is -2.07. The number of thiophene rings is 1. The maximum Gasteiger partial charge on any atom is 0.191 e. The molecular formula is C20H18ClN5OS2. The number of Topliss-reactive ketones (excluding diaryl/α,β-unsaturated/α-hetero) is 1. The number of pyridine rings is 1. The maximum atomic E-state index is 12.4. The molecule has 0 aliphatic heterocycles. The lowest BCUT2D eigenvalue weighted by Gasteiger charge is -2.05. The van der Waals surface area contributed by atoms with Crippen LogP contribution in [0.1, 0.15) is 11.1 Å². The molecule has 0 spiro atoms. The van der Waals surface area contributed by atoms with Gasteiger partial charge in [0, 0.05) is 30.1 Å². The third kappa shape index (κ3) is 4.01. The number of carbonyl (C=O) groups excluding carboxylic acids is 1. The number of aromatic nitrogens is 4. The summed E-state index contributed by atoms with van der Waals surface area (Å²) in [7, 11) is 1.88.